The van der Waals surface area contributed by atoms with Gasteiger partial charge >= 0.3 is 0 Å². The number of rotatable bonds is 12. The minimum atomic E-state index is -0.811. The van der Waals surface area contributed by atoms with Crippen molar-refractivity contribution in [2.75, 3.05) is 47.3 Å². The minimum absolute atomic E-state index is 0.0921. The summed E-state index contributed by atoms with van der Waals surface area (Å²) in [5.41, 5.74) is 5.40. The highest BCUT2D eigenvalue weighted by atomic mass is 32.1. The summed E-state index contributed by atoms with van der Waals surface area (Å²) >= 11 is 1.23. The maximum absolute atomic E-state index is 13.2. The molecule has 0 aliphatic carbocycles. The molecule has 41 heavy (non-hydrogen) atoms. The van der Waals surface area contributed by atoms with Crippen LogP contribution in [-0.2, 0) is 20.8 Å². The number of benzene rings is 2. The van der Waals surface area contributed by atoms with Crippen molar-refractivity contribution in [3.8, 4) is 0 Å². The third kappa shape index (κ3) is 8.42. The fourth-order valence-electron chi connectivity index (χ4n) is 4.80. The van der Waals surface area contributed by atoms with Gasteiger partial charge in [0, 0.05) is 25.0 Å². The smallest absolute Gasteiger partial charge is 0.245 e. The van der Waals surface area contributed by atoms with E-state index >= 15 is 0 Å². The quantitative estimate of drug-likeness (QED) is 0.314. The Morgan fingerprint density at radius 1 is 1.17 bits per heavy atom. The van der Waals surface area contributed by atoms with Crippen LogP contribution in [0.2, 0.25) is 0 Å². The average Bonchev–Trinajstić information content (AvgIpc) is 3.53. The second-order valence-corrected chi connectivity index (χ2v) is 10.9. The molecule has 0 bridgehead atoms. The zero-order chi connectivity index (χ0) is 29.9. The molecule has 3 N–H and O–H groups in total. The zero-order valence-electron chi connectivity index (χ0n) is 24.2. The van der Waals surface area contributed by atoms with Gasteiger partial charge in [0.1, 0.15) is 12.6 Å². The number of nitrogens with two attached hydrogens (primary N) is 1. The molecule has 4 rings (SSSR count). The van der Waals surface area contributed by atoms with Crippen LogP contribution in [0.1, 0.15) is 35.1 Å². The first-order chi connectivity index (χ1) is 19.8. The van der Waals surface area contributed by atoms with E-state index in [-0.39, 0.29) is 37.1 Å². The van der Waals surface area contributed by atoms with Crippen LogP contribution in [0.4, 0.5) is 0 Å². The molecule has 2 atom stereocenters. The Balaban J connectivity index is 0.00000226. The molecule has 11 heteroatoms. The summed E-state index contributed by atoms with van der Waals surface area (Å²) in [6.07, 6.45) is 3.01. The molecule has 10 nitrogen and oxygen atoms in total. The molecule has 0 radical (unpaired) electrons. The SMILES string of the molecule is CCN(C)CCC[C@H](NC(=O)CN1C(=O)CN(C)C(=O)[C@@H]1Cc1ccc2ccccc2c1)C(=O)c1nccs1.CN. The predicted molar refractivity (Wildman–Crippen MR) is 162 cm³/mol. The number of ketones is 1. The van der Waals surface area contributed by atoms with Gasteiger partial charge in [0.05, 0.1) is 12.6 Å². The van der Waals surface area contributed by atoms with Crippen molar-refractivity contribution in [2.24, 2.45) is 5.73 Å². The summed E-state index contributed by atoms with van der Waals surface area (Å²) in [6.45, 7) is 3.34. The van der Waals surface area contributed by atoms with Crippen molar-refractivity contribution in [1.82, 2.24) is 25.0 Å². The van der Waals surface area contributed by atoms with Gasteiger partial charge in [0.25, 0.3) is 0 Å². The highest BCUT2D eigenvalue weighted by molar-refractivity contribution is 7.11. The van der Waals surface area contributed by atoms with Crippen LogP contribution in [0.15, 0.2) is 54.0 Å². The molecule has 0 unspecified atom stereocenters. The van der Waals surface area contributed by atoms with E-state index in [0.29, 0.717) is 17.8 Å². The number of nitrogens with zero attached hydrogens (tertiary/aromatic N) is 4. The number of Topliss-reactive ketones (excluding diaryl/α,β-unsaturated/α-hetero) is 1. The number of piperazine rings is 1. The van der Waals surface area contributed by atoms with E-state index in [1.807, 2.05) is 49.5 Å². The van der Waals surface area contributed by atoms with Crippen molar-refractivity contribution in [1.29, 1.82) is 0 Å². The lowest BCUT2D eigenvalue weighted by Gasteiger charge is -2.38. The second kappa shape index (κ2) is 15.4. The van der Waals surface area contributed by atoms with E-state index < -0.39 is 18.0 Å². The standard InChI is InChI=1S/C29H35N5O4S.CH5N/c1-4-32(2)14-7-10-23(27(37)28-30-13-15-39-28)31-25(35)18-34-24(29(38)33(3)19-26(34)36)17-20-11-12-21-8-5-6-9-22(21)16-20;1-2/h5-6,8-9,11-13,15-16,23-24H,4,7,10,14,17-19H2,1-3H3,(H,31,35);2H2,1H3/t23-,24-;/m0./s1. The van der Waals surface area contributed by atoms with Crippen LogP contribution in [-0.4, -0.2) is 103 Å². The number of carbonyl (C=O) groups is 4. The molecule has 0 spiro atoms. The largest absolute Gasteiger partial charge is 0.344 e. The monoisotopic (exact) mass is 580 g/mol. The normalized spacial score (nSPS) is 16.0. The number of likely N-dealkylation sites (N-methyl/N-ethyl adjacent to an activating group) is 1. The molecular formula is C30H40N6O4S. The third-order valence-electron chi connectivity index (χ3n) is 7.15. The van der Waals surface area contributed by atoms with Gasteiger partial charge in [-0.1, -0.05) is 49.4 Å². The van der Waals surface area contributed by atoms with Crippen LogP contribution in [0.5, 0.6) is 0 Å². The van der Waals surface area contributed by atoms with Gasteiger partial charge in [-0.25, -0.2) is 4.98 Å². The summed E-state index contributed by atoms with van der Waals surface area (Å²) in [4.78, 5) is 61.6. The van der Waals surface area contributed by atoms with E-state index in [2.05, 4.69) is 27.9 Å². The van der Waals surface area contributed by atoms with Crippen LogP contribution in [0.3, 0.4) is 0 Å². The molecule has 1 saturated heterocycles. The van der Waals surface area contributed by atoms with Crippen LogP contribution in [0.25, 0.3) is 10.8 Å². The lowest BCUT2D eigenvalue weighted by molar-refractivity contribution is -0.155. The summed E-state index contributed by atoms with van der Waals surface area (Å²) in [5, 5.41) is 7.03. The van der Waals surface area contributed by atoms with E-state index in [4.69, 9.17) is 0 Å². The third-order valence-corrected chi connectivity index (χ3v) is 7.94. The zero-order valence-corrected chi connectivity index (χ0v) is 25.0. The van der Waals surface area contributed by atoms with E-state index in [9.17, 15) is 19.2 Å². The number of carbonyl (C=O) groups excluding carboxylic acids is 4. The number of nitrogens with one attached hydrogen (secondary N) is 1. The van der Waals surface area contributed by atoms with E-state index in [0.717, 1.165) is 29.4 Å². The summed E-state index contributed by atoms with van der Waals surface area (Å²) in [7, 11) is 5.10. The lowest BCUT2D eigenvalue weighted by Crippen LogP contribution is -2.61. The van der Waals surface area contributed by atoms with Gasteiger partial charge < -0.3 is 25.8 Å². The summed E-state index contributed by atoms with van der Waals surface area (Å²) < 4.78 is 0. The first kappa shape index (κ1) is 31.9. The first-order valence-electron chi connectivity index (χ1n) is 13.8. The van der Waals surface area contributed by atoms with Crippen LogP contribution < -0.4 is 11.1 Å². The molecule has 2 aromatic carbocycles. The Hall–Kier alpha value is -3.67. The Kier molecular flexibility index (Phi) is 11.9. The van der Waals surface area contributed by atoms with Gasteiger partial charge in [-0.3, -0.25) is 19.2 Å². The van der Waals surface area contributed by atoms with Gasteiger partial charge in [-0.05, 0) is 56.4 Å². The molecule has 3 amide bonds. The maximum atomic E-state index is 13.2. The van der Waals surface area contributed by atoms with E-state index in [1.165, 1.54) is 28.2 Å². The Bertz CT molecular complexity index is 1330. The number of fused-ring (bicyclic) bond motifs is 1. The van der Waals surface area contributed by atoms with Gasteiger partial charge in [0.15, 0.2) is 5.01 Å². The molecule has 1 aliphatic heterocycles. The highest BCUT2D eigenvalue weighted by Crippen LogP contribution is 2.21. The Morgan fingerprint density at radius 2 is 1.90 bits per heavy atom. The van der Waals surface area contributed by atoms with Crippen molar-refractivity contribution in [2.45, 2.75) is 38.3 Å². The van der Waals surface area contributed by atoms with E-state index in [1.54, 1.807) is 18.6 Å². The summed E-state index contributed by atoms with van der Waals surface area (Å²) in [5.74, 6) is -1.23. The number of amides is 3. The maximum Gasteiger partial charge on any atom is 0.245 e. The number of hydrogen-bond donors (Lipinski definition) is 2. The van der Waals surface area contributed by atoms with Crippen molar-refractivity contribution in [3.63, 3.8) is 0 Å². The van der Waals surface area contributed by atoms with Gasteiger partial charge in [0.2, 0.25) is 23.5 Å². The predicted octanol–water partition coefficient (Wildman–Crippen LogP) is 2.18. The van der Waals surface area contributed by atoms with Crippen LogP contribution in [0, 0.1) is 0 Å². The second-order valence-electron chi connectivity index (χ2n) is 9.98. The Labute approximate surface area is 245 Å². The van der Waals surface area contributed by atoms with Gasteiger partial charge in [-0.15, -0.1) is 11.3 Å². The fraction of sp³-hybridized carbons (Fsp3) is 0.433. The molecule has 2 heterocycles. The summed E-state index contributed by atoms with van der Waals surface area (Å²) in [6, 6.07) is 12.3. The first-order valence-corrected chi connectivity index (χ1v) is 14.7. The highest BCUT2D eigenvalue weighted by Gasteiger charge is 2.39. The topological polar surface area (TPSA) is 129 Å². The van der Waals surface area contributed by atoms with Gasteiger partial charge in [-0.2, -0.15) is 0 Å². The number of hydrogen-bond acceptors (Lipinski definition) is 8. The molecule has 1 aromatic heterocycles. The molecule has 0 saturated carbocycles. The van der Waals surface area contributed by atoms with Crippen molar-refractivity contribution >= 4 is 45.6 Å². The molecule has 1 fully saturated rings. The molecular weight excluding hydrogens is 540 g/mol. The number of thiazole rings is 1. The number of aromatic nitrogens is 1. The molecule has 220 valence electrons. The van der Waals surface area contributed by atoms with Crippen molar-refractivity contribution < 1.29 is 19.2 Å². The molecule has 1 aliphatic rings. The Morgan fingerprint density at radius 3 is 2.59 bits per heavy atom. The van der Waals surface area contributed by atoms with Crippen LogP contribution >= 0.6 is 11.3 Å². The lowest BCUT2D eigenvalue weighted by atomic mass is 9.98. The average molecular weight is 581 g/mol. The van der Waals surface area contributed by atoms with Crippen molar-refractivity contribution in [3.05, 3.63) is 64.6 Å². The fourth-order valence-corrected chi connectivity index (χ4v) is 5.43. The minimum Gasteiger partial charge on any atom is -0.344 e. The molecule has 3 aromatic rings.